The van der Waals surface area contributed by atoms with Crippen molar-refractivity contribution in [3.63, 3.8) is 0 Å². The van der Waals surface area contributed by atoms with Crippen LogP contribution in [0.15, 0.2) is 109 Å². The van der Waals surface area contributed by atoms with Crippen molar-refractivity contribution in [3.8, 4) is 0 Å². The summed E-state index contributed by atoms with van der Waals surface area (Å²) in [6, 6.07) is 19.3. The third-order valence-electron chi connectivity index (χ3n) is 14.2. The first-order valence-corrected chi connectivity index (χ1v) is 21.4. The van der Waals surface area contributed by atoms with Crippen LogP contribution in [0.25, 0.3) is 11.1 Å². The first-order chi connectivity index (χ1) is 25.7. The Morgan fingerprint density at radius 1 is 0.827 bits per heavy atom. The van der Waals surface area contributed by atoms with Crippen LogP contribution in [0.1, 0.15) is 125 Å². The highest BCUT2D eigenvalue weighted by molar-refractivity contribution is 5.81. The quantitative estimate of drug-likeness (QED) is 0.271. The molecule has 7 atom stereocenters. The fraction of sp³-hybridized carbons (Fsp3) is 0.510. The number of fused-ring (bicyclic) bond motifs is 4. The molecule has 1 heterocycles. The van der Waals surface area contributed by atoms with Gasteiger partial charge in [-0.25, -0.2) is 0 Å². The molecule has 2 aromatic rings. The minimum atomic E-state index is 0.161. The fourth-order valence-corrected chi connectivity index (χ4v) is 11.6. The van der Waals surface area contributed by atoms with Crippen molar-refractivity contribution in [2.75, 3.05) is 11.9 Å². The first kappa shape index (κ1) is 34.2. The number of likely N-dealkylation sites (tertiary alicyclic amines) is 1. The van der Waals surface area contributed by atoms with Gasteiger partial charge in [0.05, 0.1) is 0 Å². The maximum absolute atomic E-state index is 6.77. The van der Waals surface area contributed by atoms with Crippen molar-refractivity contribution in [2.24, 2.45) is 35.3 Å². The molecule has 0 bridgehead atoms. The van der Waals surface area contributed by atoms with Gasteiger partial charge < -0.3 is 16.0 Å². The molecule has 2 saturated carbocycles. The lowest BCUT2D eigenvalue weighted by Gasteiger charge is -2.40. The molecule has 3 fully saturated rings. The highest BCUT2D eigenvalue weighted by atomic mass is 15.2. The minimum Gasteiger partial charge on any atom is -0.381 e. The lowest BCUT2D eigenvalue weighted by atomic mass is 9.75. The average Bonchev–Trinajstić information content (AvgIpc) is 3.55. The summed E-state index contributed by atoms with van der Waals surface area (Å²) < 4.78 is 0. The van der Waals surface area contributed by atoms with Gasteiger partial charge in [-0.2, -0.15) is 0 Å². The van der Waals surface area contributed by atoms with Crippen molar-refractivity contribution in [1.82, 2.24) is 4.90 Å². The smallest absolute Gasteiger partial charge is 0.0384 e. The van der Waals surface area contributed by atoms with Crippen molar-refractivity contribution in [3.05, 3.63) is 125 Å². The first-order valence-electron chi connectivity index (χ1n) is 21.4. The van der Waals surface area contributed by atoms with E-state index in [1.165, 1.54) is 123 Å². The van der Waals surface area contributed by atoms with E-state index in [1.807, 2.05) is 0 Å². The van der Waals surface area contributed by atoms with Gasteiger partial charge in [0.25, 0.3) is 0 Å². The van der Waals surface area contributed by atoms with Gasteiger partial charge in [0.1, 0.15) is 0 Å². The monoisotopic (exact) mass is 691 g/mol. The molecule has 7 unspecified atom stereocenters. The molecule has 3 heteroatoms. The van der Waals surface area contributed by atoms with Crippen molar-refractivity contribution in [1.29, 1.82) is 0 Å². The van der Waals surface area contributed by atoms with Crippen molar-refractivity contribution >= 4 is 16.8 Å². The second-order valence-corrected chi connectivity index (χ2v) is 17.2. The Morgan fingerprint density at radius 2 is 1.65 bits per heavy atom. The van der Waals surface area contributed by atoms with Gasteiger partial charge in [-0.15, -0.1) is 0 Å². The Kier molecular flexibility index (Phi) is 10.2. The van der Waals surface area contributed by atoms with Gasteiger partial charge in [-0.3, -0.25) is 0 Å². The topological polar surface area (TPSA) is 41.3 Å². The number of hydrogen-bond donors (Lipinski definition) is 2. The van der Waals surface area contributed by atoms with E-state index in [0.717, 1.165) is 31.2 Å². The van der Waals surface area contributed by atoms with Gasteiger partial charge in [0, 0.05) is 53.1 Å². The third-order valence-corrected chi connectivity index (χ3v) is 14.2. The normalized spacial score (nSPS) is 31.9. The molecule has 2 aromatic carbocycles. The zero-order valence-corrected chi connectivity index (χ0v) is 31.4. The fourth-order valence-electron chi connectivity index (χ4n) is 11.6. The SMILES string of the molecule is NC1CCC=CC1/C(=C\CNc1cc(C2=C3C(CC=C2)C2CCCCC2N3C2=CC3C=CCCC3CC2)ccc1C1CCCCC1)c1ccccc1. The van der Waals surface area contributed by atoms with Crippen LogP contribution in [0, 0.1) is 29.6 Å². The molecular weight excluding hydrogens is 631 g/mol. The molecule has 7 aliphatic rings. The molecule has 0 aromatic heterocycles. The van der Waals surface area contributed by atoms with Crippen LogP contribution in [0.4, 0.5) is 5.69 Å². The molecule has 1 saturated heterocycles. The largest absolute Gasteiger partial charge is 0.381 e. The zero-order valence-electron chi connectivity index (χ0n) is 31.4. The maximum Gasteiger partial charge on any atom is 0.0384 e. The summed E-state index contributed by atoms with van der Waals surface area (Å²) in [6.07, 6.45) is 40.6. The lowest BCUT2D eigenvalue weighted by Crippen LogP contribution is -2.36. The molecule has 0 radical (unpaired) electrons. The second-order valence-electron chi connectivity index (χ2n) is 17.2. The highest BCUT2D eigenvalue weighted by Gasteiger charge is 2.48. The van der Waals surface area contributed by atoms with Crippen LogP contribution in [0.2, 0.25) is 0 Å². The summed E-state index contributed by atoms with van der Waals surface area (Å²) in [4.78, 5) is 2.95. The van der Waals surface area contributed by atoms with E-state index in [4.69, 9.17) is 5.73 Å². The Labute approximate surface area is 313 Å². The third kappa shape index (κ3) is 6.72. The molecule has 6 aliphatic carbocycles. The second kappa shape index (κ2) is 15.4. The van der Waals surface area contributed by atoms with Gasteiger partial charge >= 0.3 is 0 Å². The van der Waals surface area contributed by atoms with E-state index in [0.29, 0.717) is 23.8 Å². The molecule has 9 rings (SSSR count). The minimum absolute atomic E-state index is 0.161. The van der Waals surface area contributed by atoms with Gasteiger partial charge in [-0.1, -0.05) is 123 Å². The van der Waals surface area contributed by atoms with Gasteiger partial charge in [-0.05, 0) is 123 Å². The molecule has 0 amide bonds. The summed E-state index contributed by atoms with van der Waals surface area (Å²) in [5, 5.41) is 4.04. The summed E-state index contributed by atoms with van der Waals surface area (Å²) in [6.45, 7) is 0.800. The molecule has 1 aliphatic heterocycles. The summed E-state index contributed by atoms with van der Waals surface area (Å²) >= 11 is 0. The summed E-state index contributed by atoms with van der Waals surface area (Å²) in [5.74, 6) is 3.79. The zero-order chi connectivity index (χ0) is 34.9. The van der Waals surface area contributed by atoms with Crippen LogP contribution >= 0.6 is 0 Å². The number of benzene rings is 2. The van der Waals surface area contributed by atoms with Gasteiger partial charge in [0.2, 0.25) is 0 Å². The van der Waals surface area contributed by atoms with Crippen LogP contribution in [-0.2, 0) is 0 Å². The van der Waals surface area contributed by atoms with E-state index in [-0.39, 0.29) is 12.0 Å². The van der Waals surface area contributed by atoms with Crippen LogP contribution in [0.3, 0.4) is 0 Å². The predicted molar refractivity (Wildman–Crippen MR) is 219 cm³/mol. The standard InChI is InChI=1S/C49H61N3/c50-46-24-11-9-20-43(46)40(35-15-3-1-4-16-35)30-31-51-47-33-38(27-29-41(47)36-17-5-2-6-18-36)42-22-13-23-45-44-21-10-12-25-48(44)52(49(42)45)39-28-26-34-14-7-8-19-37(34)32-39/h1,3-4,8-9,13,15-16,19-20,22,27,29-30,32-34,36-37,43-46,48,51H,2,5-7,10-12,14,17-18,21,23-26,28,31,50H2/b40-30-. The number of nitrogens with two attached hydrogens (primary N) is 1. The van der Waals surface area contributed by atoms with E-state index in [9.17, 15) is 0 Å². The molecule has 0 spiro atoms. The van der Waals surface area contributed by atoms with E-state index in [2.05, 4.69) is 107 Å². The lowest BCUT2D eigenvalue weighted by molar-refractivity contribution is 0.204. The van der Waals surface area contributed by atoms with Crippen molar-refractivity contribution in [2.45, 2.75) is 121 Å². The number of nitrogens with zero attached hydrogens (tertiary/aromatic N) is 1. The number of nitrogens with one attached hydrogen (secondary N) is 1. The Balaban J connectivity index is 1.10. The molecule has 3 nitrogen and oxygen atoms in total. The average molecular weight is 692 g/mol. The Hall–Kier alpha value is -3.56. The summed E-state index contributed by atoms with van der Waals surface area (Å²) in [7, 11) is 0. The van der Waals surface area contributed by atoms with Crippen LogP contribution in [0.5, 0.6) is 0 Å². The van der Waals surface area contributed by atoms with E-state index >= 15 is 0 Å². The molecule has 52 heavy (non-hydrogen) atoms. The number of allylic oxidation sites excluding steroid dienone is 9. The number of anilines is 1. The van der Waals surface area contributed by atoms with Crippen LogP contribution in [-0.4, -0.2) is 23.5 Å². The Bertz CT molecular complexity index is 1770. The van der Waals surface area contributed by atoms with Crippen LogP contribution < -0.4 is 11.1 Å². The predicted octanol–water partition coefficient (Wildman–Crippen LogP) is 11.9. The number of rotatable bonds is 8. The molecule has 272 valence electrons. The van der Waals surface area contributed by atoms with E-state index < -0.39 is 0 Å². The maximum atomic E-state index is 6.77. The molecular formula is C49H61N3. The van der Waals surface area contributed by atoms with E-state index in [1.54, 1.807) is 11.4 Å². The summed E-state index contributed by atoms with van der Waals surface area (Å²) in [5.41, 5.74) is 18.5. The Morgan fingerprint density at radius 3 is 2.54 bits per heavy atom. The molecule has 3 N–H and O–H groups in total. The van der Waals surface area contributed by atoms with Gasteiger partial charge in [0.15, 0.2) is 0 Å². The number of hydrogen-bond acceptors (Lipinski definition) is 3. The van der Waals surface area contributed by atoms with Crippen molar-refractivity contribution < 1.29 is 0 Å². The highest BCUT2D eigenvalue weighted by Crippen LogP contribution is 2.55.